The number of nitro groups is 1. The van der Waals surface area contributed by atoms with Crippen LogP contribution in [0.5, 0.6) is 0 Å². The second-order valence-corrected chi connectivity index (χ2v) is 7.27. The number of halogens is 2. The summed E-state index contributed by atoms with van der Waals surface area (Å²) >= 11 is 5.88. The number of aliphatic hydroxyl groups excluding tert-OH is 1. The van der Waals surface area contributed by atoms with E-state index >= 15 is 0 Å². The van der Waals surface area contributed by atoms with Crippen molar-refractivity contribution in [1.29, 1.82) is 0 Å². The normalized spacial score (nSPS) is 17.6. The Bertz CT molecular complexity index is 1280. The first-order valence-corrected chi connectivity index (χ1v) is 9.58. The van der Waals surface area contributed by atoms with Gasteiger partial charge >= 0.3 is 0 Å². The fraction of sp³-hybridized carbons (Fsp3) is 0.0455. The van der Waals surface area contributed by atoms with Crippen LogP contribution in [0, 0.1) is 15.9 Å². The Hall–Kier alpha value is -4.11. The van der Waals surface area contributed by atoms with Crippen LogP contribution in [0.1, 0.15) is 17.2 Å². The van der Waals surface area contributed by atoms with Gasteiger partial charge in [-0.1, -0.05) is 17.7 Å². The number of pyridine rings is 1. The van der Waals surface area contributed by atoms with Crippen LogP contribution in [-0.4, -0.2) is 26.7 Å². The van der Waals surface area contributed by atoms with Gasteiger partial charge in [-0.2, -0.15) is 0 Å². The quantitative estimate of drug-likeness (QED) is 0.206. The predicted molar refractivity (Wildman–Crippen MR) is 114 cm³/mol. The van der Waals surface area contributed by atoms with Gasteiger partial charge in [0.25, 0.3) is 17.4 Å². The van der Waals surface area contributed by atoms with Crippen LogP contribution < -0.4 is 4.90 Å². The SMILES string of the molecule is O=C1C(=O)N(c2ccc(F)c(Cl)c2)C(c2cccnc2)/C1=C(\O)c1ccc([N+](=O)[O-])cc1. The molecule has 1 amide bonds. The number of Topliss-reactive ketones (excluding diaryl/α,β-unsaturated/α-hetero) is 1. The first-order valence-electron chi connectivity index (χ1n) is 9.20. The summed E-state index contributed by atoms with van der Waals surface area (Å²) in [7, 11) is 0. The number of ketones is 1. The second-order valence-electron chi connectivity index (χ2n) is 6.86. The minimum atomic E-state index is -1.08. The fourth-order valence-electron chi connectivity index (χ4n) is 3.48. The second kappa shape index (κ2) is 8.20. The number of aliphatic hydroxyl groups is 1. The van der Waals surface area contributed by atoms with Crippen LogP contribution >= 0.6 is 11.6 Å². The predicted octanol–water partition coefficient (Wildman–Crippen LogP) is 4.41. The number of rotatable bonds is 4. The molecule has 4 rings (SSSR count). The van der Waals surface area contributed by atoms with Crippen molar-refractivity contribution in [2.75, 3.05) is 4.90 Å². The van der Waals surface area contributed by atoms with Gasteiger partial charge in [-0.15, -0.1) is 0 Å². The zero-order valence-corrected chi connectivity index (χ0v) is 16.9. The summed E-state index contributed by atoms with van der Waals surface area (Å²) in [6, 6.07) is 10.6. The molecule has 1 aliphatic rings. The number of carbonyl (C=O) groups is 2. The van der Waals surface area contributed by atoms with Crippen LogP contribution in [-0.2, 0) is 9.59 Å². The van der Waals surface area contributed by atoms with Crippen molar-refractivity contribution < 1.29 is 24.0 Å². The Morgan fingerprint density at radius 2 is 1.88 bits per heavy atom. The number of aromatic nitrogens is 1. The molecule has 3 aromatic rings. The zero-order valence-electron chi connectivity index (χ0n) is 16.1. The number of hydrogen-bond acceptors (Lipinski definition) is 6. The van der Waals surface area contributed by atoms with Crippen molar-refractivity contribution in [3.63, 3.8) is 0 Å². The highest BCUT2D eigenvalue weighted by molar-refractivity contribution is 6.51. The fourth-order valence-corrected chi connectivity index (χ4v) is 3.66. The smallest absolute Gasteiger partial charge is 0.300 e. The monoisotopic (exact) mass is 453 g/mol. The molecular formula is C22H13ClFN3O5. The highest BCUT2D eigenvalue weighted by atomic mass is 35.5. The summed E-state index contributed by atoms with van der Waals surface area (Å²) in [5.74, 6) is -3.14. The number of amides is 1. The number of nitro benzene ring substituents is 1. The summed E-state index contributed by atoms with van der Waals surface area (Å²) in [5.41, 5.74) is 0.231. The van der Waals surface area contributed by atoms with Crippen molar-refractivity contribution in [3.8, 4) is 0 Å². The molecule has 2 heterocycles. The van der Waals surface area contributed by atoms with Crippen molar-refractivity contribution >= 4 is 40.4 Å². The average Bonchev–Trinajstić information content (AvgIpc) is 3.06. The Balaban J connectivity index is 1.91. The van der Waals surface area contributed by atoms with Crippen molar-refractivity contribution in [3.05, 3.63) is 105 Å². The Morgan fingerprint density at radius 1 is 1.16 bits per heavy atom. The van der Waals surface area contributed by atoms with Crippen molar-refractivity contribution in [1.82, 2.24) is 4.98 Å². The Kier molecular flexibility index (Phi) is 5.41. The first kappa shape index (κ1) is 21.1. The van der Waals surface area contributed by atoms with Gasteiger partial charge in [0.1, 0.15) is 11.6 Å². The van der Waals surface area contributed by atoms with Crippen LogP contribution in [0.2, 0.25) is 5.02 Å². The van der Waals surface area contributed by atoms with Gasteiger partial charge in [-0.05, 0) is 42.0 Å². The Labute approximate surface area is 185 Å². The van der Waals surface area contributed by atoms with Gasteiger partial charge in [-0.25, -0.2) is 4.39 Å². The molecule has 1 saturated heterocycles. The number of hydrogen-bond donors (Lipinski definition) is 1. The molecule has 1 aliphatic heterocycles. The molecule has 2 aromatic carbocycles. The minimum Gasteiger partial charge on any atom is -0.507 e. The third-order valence-corrected chi connectivity index (χ3v) is 5.27. The number of carbonyl (C=O) groups excluding carboxylic acids is 2. The summed E-state index contributed by atoms with van der Waals surface area (Å²) in [4.78, 5) is 41.4. The summed E-state index contributed by atoms with van der Waals surface area (Å²) in [5, 5.41) is 21.6. The van der Waals surface area contributed by atoms with Gasteiger partial charge in [-0.3, -0.25) is 29.6 Å². The molecule has 0 saturated carbocycles. The average molecular weight is 454 g/mol. The molecule has 32 heavy (non-hydrogen) atoms. The lowest BCUT2D eigenvalue weighted by atomic mass is 9.96. The lowest BCUT2D eigenvalue weighted by Gasteiger charge is -2.25. The zero-order chi connectivity index (χ0) is 23.0. The van der Waals surface area contributed by atoms with E-state index < -0.39 is 34.2 Å². The first-order chi connectivity index (χ1) is 15.3. The van der Waals surface area contributed by atoms with E-state index in [1.54, 1.807) is 12.1 Å². The minimum absolute atomic E-state index is 0.111. The van der Waals surface area contributed by atoms with Gasteiger partial charge < -0.3 is 5.11 Å². The van der Waals surface area contributed by atoms with Gasteiger partial charge in [0.2, 0.25) is 0 Å². The van der Waals surface area contributed by atoms with Crippen LogP contribution in [0.15, 0.2) is 72.6 Å². The molecule has 1 unspecified atom stereocenters. The van der Waals surface area contributed by atoms with Crippen LogP contribution in [0.4, 0.5) is 15.8 Å². The van der Waals surface area contributed by atoms with E-state index in [0.29, 0.717) is 5.56 Å². The highest BCUT2D eigenvalue weighted by Crippen LogP contribution is 2.42. The van der Waals surface area contributed by atoms with Gasteiger partial charge in [0.05, 0.1) is 21.6 Å². The van der Waals surface area contributed by atoms with Gasteiger partial charge in [0.15, 0.2) is 0 Å². The molecule has 160 valence electrons. The molecule has 0 spiro atoms. The molecule has 1 atom stereocenters. The maximum absolute atomic E-state index is 13.7. The maximum Gasteiger partial charge on any atom is 0.300 e. The van der Waals surface area contributed by atoms with E-state index in [0.717, 1.165) is 11.0 Å². The van der Waals surface area contributed by atoms with Crippen LogP contribution in [0.25, 0.3) is 5.76 Å². The van der Waals surface area contributed by atoms with Crippen molar-refractivity contribution in [2.45, 2.75) is 6.04 Å². The number of non-ortho nitro benzene ring substituents is 1. The lowest BCUT2D eigenvalue weighted by molar-refractivity contribution is -0.384. The molecule has 8 nitrogen and oxygen atoms in total. The summed E-state index contributed by atoms with van der Waals surface area (Å²) < 4.78 is 13.7. The molecule has 1 N–H and O–H groups in total. The third kappa shape index (κ3) is 3.58. The number of anilines is 1. The van der Waals surface area contributed by atoms with E-state index in [4.69, 9.17) is 11.6 Å². The van der Waals surface area contributed by atoms with Crippen LogP contribution in [0.3, 0.4) is 0 Å². The Morgan fingerprint density at radius 3 is 2.47 bits per heavy atom. The molecule has 0 aliphatic carbocycles. The number of nitrogens with zero attached hydrogens (tertiary/aromatic N) is 3. The van der Waals surface area contributed by atoms with Crippen molar-refractivity contribution in [2.24, 2.45) is 0 Å². The van der Waals surface area contributed by atoms with E-state index in [1.807, 2.05) is 0 Å². The standard InChI is InChI=1S/C22H13ClFN3O5/c23-16-10-15(7-8-17(16)24)26-19(13-2-1-9-25-11-13)18(21(29)22(26)30)20(28)12-3-5-14(6-4-12)27(31)32/h1-11,19,28H/b20-18+. The molecule has 0 bridgehead atoms. The maximum atomic E-state index is 13.7. The third-order valence-electron chi connectivity index (χ3n) is 4.98. The molecular weight excluding hydrogens is 441 g/mol. The van der Waals surface area contributed by atoms with Gasteiger partial charge in [0, 0.05) is 35.8 Å². The van der Waals surface area contributed by atoms with E-state index in [1.165, 1.54) is 48.8 Å². The molecule has 10 heteroatoms. The summed E-state index contributed by atoms with van der Waals surface area (Å²) in [6.45, 7) is 0. The summed E-state index contributed by atoms with van der Waals surface area (Å²) in [6.07, 6.45) is 2.93. The lowest BCUT2D eigenvalue weighted by Crippen LogP contribution is -2.29. The molecule has 1 aromatic heterocycles. The highest BCUT2D eigenvalue weighted by Gasteiger charge is 2.47. The van der Waals surface area contributed by atoms with E-state index in [-0.39, 0.29) is 27.5 Å². The topological polar surface area (TPSA) is 114 Å². The molecule has 0 radical (unpaired) electrons. The van der Waals surface area contributed by atoms with E-state index in [2.05, 4.69) is 4.98 Å². The number of benzene rings is 2. The largest absolute Gasteiger partial charge is 0.507 e. The van der Waals surface area contributed by atoms with E-state index in [9.17, 15) is 29.2 Å². The molecule has 1 fully saturated rings.